The first-order valence-corrected chi connectivity index (χ1v) is 24.7. The number of carboxylic acid groups (broad SMARTS) is 3. The number of aliphatic hydroxyl groups is 3. The smallest absolute Gasteiger partial charge is 0.336 e. The number of carboxylic acids is 3. The summed E-state index contributed by atoms with van der Waals surface area (Å²) in [4.78, 5) is 68.8. The van der Waals surface area contributed by atoms with Gasteiger partial charge >= 0.3 is 23.9 Å². The predicted octanol–water partition coefficient (Wildman–Crippen LogP) is 7.43. The van der Waals surface area contributed by atoms with Crippen LogP contribution in [0.2, 0.25) is 0 Å². The molecule has 394 valence electrons. The average molecular weight is 1030 g/mol. The molecule has 3 fully saturated rings. The summed E-state index contributed by atoms with van der Waals surface area (Å²) in [5.74, 6) is -6.36. The van der Waals surface area contributed by atoms with Crippen molar-refractivity contribution < 1.29 is 73.3 Å². The molecule has 7 rings (SSSR count). The maximum atomic E-state index is 17.0. The minimum atomic E-state index is -2.74. The SMILES string of the molecule is CC(=O)OCC(=O)[C@@]1(O)[C@H](C)C[C@H]2[C@@H]3CCC4=CC(=O)C=C[C@]4(C)[C@@]3(F)C(O)C[C@@]21C.CN(C)CCOc1ccc(/C(=C(/CCCl)c2ccccc2)c2ccccc2)cc1.O=C(O)CC(O)(CC(=O)O)C(=O)O. The van der Waals surface area contributed by atoms with Gasteiger partial charge < -0.3 is 45.0 Å². The lowest BCUT2D eigenvalue weighted by Crippen LogP contribution is -2.69. The highest BCUT2D eigenvalue weighted by Crippen LogP contribution is 2.70. The largest absolute Gasteiger partial charge is 0.492 e. The van der Waals surface area contributed by atoms with Crippen LogP contribution in [0, 0.1) is 28.6 Å². The summed E-state index contributed by atoms with van der Waals surface area (Å²) in [5.41, 5.74) is -2.02. The van der Waals surface area contributed by atoms with E-state index in [4.69, 9.17) is 41.5 Å². The summed E-state index contributed by atoms with van der Waals surface area (Å²) in [5, 5.41) is 56.7. The molecule has 0 amide bonds. The molecular weight excluding hydrogens is 965 g/mol. The van der Waals surface area contributed by atoms with Crippen molar-refractivity contribution in [3.63, 3.8) is 0 Å². The highest BCUT2D eigenvalue weighted by atomic mass is 35.5. The lowest BCUT2D eigenvalue weighted by atomic mass is 9.44. The van der Waals surface area contributed by atoms with Crippen LogP contribution >= 0.6 is 11.6 Å². The Balaban J connectivity index is 0.000000220. The van der Waals surface area contributed by atoms with Crippen molar-refractivity contribution in [1.29, 1.82) is 0 Å². The summed E-state index contributed by atoms with van der Waals surface area (Å²) in [6.45, 7) is 7.46. The Morgan fingerprint density at radius 1 is 0.863 bits per heavy atom. The van der Waals surface area contributed by atoms with Crippen molar-refractivity contribution in [2.75, 3.05) is 39.7 Å². The van der Waals surface area contributed by atoms with E-state index in [9.17, 15) is 39.0 Å². The number of fused-ring (bicyclic) bond motifs is 5. The number of aliphatic hydroxyl groups excluding tert-OH is 1. The Labute approximate surface area is 430 Å². The zero-order valence-electron chi connectivity index (χ0n) is 42.1. The van der Waals surface area contributed by atoms with Gasteiger partial charge in [-0.05, 0) is 117 Å². The number of ether oxygens (including phenoxy) is 2. The Bertz CT molecular complexity index is 2570. The molecule has 17 heteroatoms. The number of Topliss-reactive ketones (excluding diaryl/α,β-unsaturated/α-hetero) is 1. The van der Waals surface area contributed by atoms with E-state index in [1.165, 1.54) is 46.9 Å². The number of ketones is 2. The Hall–Kier alpha value is -6.04. The van der Waals surface area contributed by atoms with E-state index < -0.39 is 94.7 Å². The molecule has 6 N–H and O–H groups in total. The van der Waals surface area contributed by atoms with Gasteiger partial charge in [0.2, 0.25) is 5.78 Å². The number of benzene rings is 3. The molecule has 0 heterocycles. The number of carbonyl (C=O) groups is 6. The van der Waals surface area contributed by atoms with Crippen LogP contribution in [0.4, 0.5) is 4.39 Å². The van der Waals surface area contributed by atoms with Crippen LogP contribution in [0.5, 0.6) is 5.75 Å². The van der Waals surface area contributed by atoms with Crippen LogP contribution in [-0.2, 0) is 33.5 Å². The van der Waals surface area contributed by atoms with Crippen molar-refractivity contribution in [1.82, 2.24) is 4.90 Å². The molecule has 3 aromatic carbocycles. The molecule has 0 saturated heterocycles. The van der Waals surface area contributed by atoms with Gasteiger partial charge in [-0.15, -0.1) is 11.6 Å². The molecule has 4 aliphatic rings. The second kappa shape index (κ2) is 23.9. The summed E-state index contributed by atoms with van der Waals surface area (Å²) in [7, 11) is 4.09. The third-order valence-corrected chi connectivity index (χ3v) is 15.3. The van der Waals surface area contributed by atoms with Crippen molar-refractivity contribution in [2.45, 2.75) is 95.6 Å². The maximum Gasteiger partial charge on any atom is 0.336 e. The molecule has 3 saturated carbocycles. The number of nitrogens with zero attached hydrogens (tertiary/aromatic N) is 1. The van der Waals surface area contributed by atoms with Gasteiger partial charge in [0.25, 0.3) is 0 Å². The lowest BCUT2D eigenvalue weighted by Gasteiger charge is -2.62. The van der Waals surface area contributed by atoms with Crippen LogP contribution in [0.15, 0.2) is 109 Å². The van der Waals surface area contributed by atoms with Crippen LogP contribution in [-0.4, -0.2) is 134 Å². The Kier molecular flexibility index (Phi) is 18.9. The minimum absolute atomic E-state index is 0.0953. The predicted molar refractivity (Wildman–Crippen MR) is 271 cm³/mol. The topological polar surface area (TPSA) is 245 Å². The van der Waals surface area contributed by atoms with E-state index in [1.807, 2.05) is 26.2 Å². The van der Waals surface area contributed by atoms with Crippen molar-refractivity contribution in [3.8, 4) is 5.75 Å². The van der Waals surface area contributed by atoms with Gasteiger partial charge in [0.1, 0.15) is 18.0 Å². The van der Waals surface area contributed by atoms with Gasteiger partial charge in [-0.2, -0.15) is 0 Å². The quantitative estimate of drug-likeness (QED) is 0.0437. The van der Waals surface area contributed by atoms with Crippen LogP contribution in [0.25, 0.3) is 11.1 Å². The molecule has 0 bridgehead atoms. The number of alkyl halides is 2. The fraction of sp³-hybridized carbons (Fsp3) is 0.464. The molecular formula is C56H67ClFNO14. The first-order valence-electron chi connectivity index (χ1n) is 24.2. The summed E-state index contributed by atoms with van der Waals surface area (Å²) in [6.07, 6.45) is 2.80. The summed E-state index contributed by atoms with van der Waals surface area (Å²) >= 11 is 6.21. The fourth-order valence-electron chi connectivity index (χ4n) is 11.5. The van der Waals surface area contributed by atoms with Crippen LogP contribution in [0.1, 0.15) is 89.3 Å². The first-order chi connectivity index (χ1) is 34.3. The first kappa shape index (κ1) is 57.9. The van der Waals surface area contributed by atoms with Crippen LogP contribution < -0.4 is 4.74 Å². The summed E-state index contributed by atoms with van der Waals surface area (Å²) in [6, 6.07) is 29.4. The number of rotatable bonds is 17. The minimum Gasteiger partial charge on any atom is -0.492 e. The summed E-state index contributed by atoms with van der Waals surface area (Å²) < 4.78 is 27.8. The van der Waals surface area contributed by atoms with Gasteiger partial charge in [-0.1, -0.05) is 98.3 Å². The van der Waals surface area contributed by atoms with E-state index in [1.54, 1.807) is 26.8 Å². The molecule has 4 aliphatic carbocycles. The number of allylic oxidation sites excluding steroid dienone is 5. The van der Waals surface area contributed by atoms with Crippen molar-refractivity contribution >= 4 is 58.2 Å². The van der Waals surface area contributed by atoms with Gasteiger partial charge in [0.05, 0.1) is 18.9 Å². The number of aliphatic carboxylic acids is 3. The fourth-order valence-corrected chi connectivity index (χ4v) is 11.7. The Morgan fingerprint density at radius 2 is 1.42 bits per heavy atom. The van der Waals surface area contributed by atoms with Crippen molar-refractivity contribution in [2.24, 2.45) is 28.6 Å². The average Bonchev–Trinajstić information content (AvgIpc) is 3.53. The number of hydrogen-bond acceptors (Lipinski definition) is 12. The van der Waals surface area contributed by atoms with Crippen molar-refractivity contribution in [3.05, 3.63) is 125 Å². The molecule has 0 radical (unpaired) electrons. The number of hydrogen-bond donors (Lipinski definition) is 6. The molecule has 3 aromatic rings. The Morgan fingerprint density at radius 3 is 1.95 bits per heavy atom. The van der Waals surface area contributed by atoms with E-state index in [2.05, 4.69) is 77.7 Å². The second-order valence-corrected chi connectivity index (χ2v) is 20.4. The maximum absolute atomic E-state index is 17.0. The van der Waals surface area contributed by atoms with E-state index in [-0.39, 0.29) is 18.1 Å². The third-order valence-electron chi connectivity index (χ3n) is 15.1. The molecule has 8 atom stereocenters. The number of esters is 1. The molecule has 0 aromatic heterocycles. The zero-order valence-corrected chi connectivity index (χ0v) is 42.8. The highest BCUT2D eigenvalue weighted by molar-refractivity contribution is 6.18. The number of carbonyl (C=O) groups excluding carboxylic acids is 3. The number of likely N-dealkylation sites (N-methyl/N-ethyl adjacent to an activating group) is 1. The third kappa shape index (κ3) is 12.3. The molecule has 0 aliphatic heterocycles. The van der Waals surface area contributed by atoms with Gasteiger partial charge in [-0.3, -0.25) is 24.0 Å². The zero-order chi connectivity index (χ0) is 54.1. The molecule has 73 heavy (non-hydrogen) atoms. The highest BCUT2D eigenvalue weighted by Gasteiger charge is 2.75. The van der Waals surface area contributed by atoms with E-state index in [0.29, 0.717) is 37.3 Å². The standard InChI is InChI=1S/C26H28ClNO.C24H31FO6.C6H8O7/c1-28(2)19-20-29-24-15-13-23(14-16-24)26(22-11-7-4-8-12-22)25(17-18-27)21-9-5-3-6-10-21;1-13-9-18-17-6-5-15-10-16(27)7-8-21(15,3)23(17,25)19(28)11-22(18,4)24(13,30)20(29)12-31-14(2)26;7-3(8)1-6(13,5(11)12)2-4(9)10/h3-16H,17-20H2,1-2H3;7-8,10,13,17-19,28,30H,5-6,9,11-12H2,1-4H3;13H,1-2H2,(H,7,8)(H,9,10)(H,11,12)/b26-25-;;/t;13-,17+,18+,19?,21+,22+,23+,24+;/m.1./s1. The molecule has 15 nitrogen and oxygen atoms in total. The van der Waals surface area contributed by atoms with Gasteiger partial charge in [-0.25, -0.2) is 9.18 Å². The molecule has 1 unspecified atom stereocenters. The van der Waals surface area contributed by atoms with Gasteiger partial charge in [0.15, 0.2) is 23.7 Å². The van der Waals surface area contributed by atoms with E-state index >= 15 is 4.39 Å². The van der Waals surface area contributed by atoms with Gasteiger partial charge in [0, 0.05) is 36.1 Å². The normalized spacial score (nSPS) is 27.2. The molecule has 0 spiro atoms. The van der Waals surface area contributed by atoms with E-state index in [0.717, 1.165) is 18.7 Å². The second-order valence-electron chi connectivity index (χ2n) is 20.0. The lowest BCUT2D eigenvalue weighted by molar-refractivity contribution is -0.219. The number of halogens is 2. The monoisotopic (exact) mass is 1030 g/mol. The van der Waals surface area contributed by atoms with Crippen LogP contribution in [0.3, 0.4) is 0 Å².